The molecule has 0 spiro atoms. The lowest BCUT2D eigenvalue weighted by Crippen LogP contribution is -2.41. The molecule has 0 aliphatic heterocycles. The first kappa shape index (κ1) is 14.9. The summed E-state index contributed by atoms with van der Waals surface area (Å²) in [5.74, 6) is 0.107. The molecular formula is C12H24N2O2. The first-order valence-electron chi connectivity index (χ1n) is 6.14. The standard InChI is InChI=1S/C12H24N2O2/c1-4-6-10-14(9-5-2)12(16)13-8-7-11(3)15/h4-10H2,1-3H3,(H,13,16). The Kier molecular flexibility index (Phi) is 8.58. The molecule has 0 fully saturated rings. The molecule has 0 aromatic rings. The molecule has 4 heteroatoms. The van der Waals surface area contributed by atoms with Gasteiger partial charge in [0.05, 0.1) is 0 Å². The van der Waals surface area contributed by atoms with Crippen molar-refractivity contribution in [3.8, 4) is 0 Å². The van der Waals surface area contributed by atoms with Crippen LogP contribution in [0.25, 0.3) is 0 Å². The van der Waals surface area contributed by atoms with E-state index in [2.05, 4.69) is 19.2 Å². The highest BCUT2D eigenvalue weighted by molar-refractivity contribution is 5.77. The fraction of sp³-hybridized carbons (Fsp3) is 0.833. The Morgan fingerprint density at radius 1 is 1.12 bits per heavy atom. The van der Waals surface area contributed by atoms with Crippen LogP contribution in [0.3, 0.4) is 0 Å². The highest BCUT2D eigenvalue weighted by Crippen LogP contribution is 1.97. The predicted octanol–water partition coefficient (Wildman–Crippen LogP) is 2.19. The second-order valence-corrected chi connectivity index (χ2v) is 4.02. The van der Waals surface area contributed by atoms with E-state index in [-0.39, 0.29) is 11.8 Å². The highest BCUT2D eigenvalue weighted by atomic mass is 16.2. The molecule has 0 unspecified atom stereocenters. The van der Waals surface area contributed by atoms with Crippen molar-refractivity contribution in [2.45, 2.75) is 46.5 Å². The highest BCUT2D eigenvalue weighted by Gasteiger charge is 2.10. The van der Waals surface area contributed by atoms with Crippen LogP contribution in [0.2, 0.25) is 0 Å². The Bertz CT molecular complexity index is 217. The van der Waals surface area contributed by atoms with Gasteiger partial charge in [-0.2, -0.15) is 0 Å². The van der Waals surface area contributed by atoms with Crippen LogP contribution >= 0.6 is 0 Å². The van der Waals surface area contributed by atoms with Gasteiger partial charge in [-0.25, -0.2) is 4.79 Å². The second-order valence-electron chi connectivity index (χ2n) is 4.02. The van der Waals surface area contributed by atoms with Gasteiger partial charge >= 0.3 is 6.03 Å². The number of urea groups is 1. The number of amides is 2. The van der Waals surface area contributed by atoms with Gasteiger partial charge in [0, 0.05) is 26.1 Å². The van der Waals surface area contributed by atoms with Gasteiger partial charge < -0.3 is 10.2 Å². The van der Waals surface area contributed by atoms with Crippen molar-refractivity contribution in [2.24, 2.45) is 0 Å². The van der Waals surface area contributed by atoms with E-state index in [1.54, 1.807) is 0 Å². The molecular weight excluding hydrogens is 204 g/mol. The van der Waals surface area contributed by atoms with Crippen molar-refractivity contribution in [1.29, 1.82) is 0 Å². The lowest BCUT2D eigenvalue weighted by molar-refractivity contribution is -0.116. The van der Waals surface area contributed by atoms with Crippen molar-refractivity contribution in [3.05, 3.63) is 0 Å². The molecule has 0 aliphatic carbocycles. The molecule has 0 aromatic carbocycles. The molecule has 0 bridgehead atoms. The summed E-state index contributed by atoms with van der Waals surface area (Å²) in [5, 5.41) is 2.77. The Balaban J connectivity index is 3.90. The molecule has 2 amide bonds. The number of carbonyl (C=O) groups excluding carboxylic acids is 2. The summed E-state index contributed by atoms with van der Waals surface area (Å²) in [7, 11) is 0. The molecule has 0 heterocycles. The molecule has 94 valence electrons. The van der Waals surface area contributed by atoms with E-state index >= 15 is 0 Å². The molecule has 0 aromatic heterocycles. The van der Waals surface area contributed by atoms with Crippen molar-refractivity contribution < 1.29 is 9.59 Å². The average molecular weight is 228 g/mol. The maximum absolute atomic E-state index is 11.7. The minimum absolute atomic E-state index is 0.0449. The van der Waals surface area contributed by atoms with Crippen LogP contribution in [-0.4, -0.2) is 36.3 Å². The smallest absolute Gasteiger partial charge is 0.317 e. The number of carbonyl (C=O) groups is 2. The Morgan fingerprint density at radius 2 is 1.81 bits per heavy atom. The summed E-state index contributed by atoms with van der Waals surface area (Å²) in [5.41, 5.74) is 0. The molecule has 0 atom stereocenters. The second kappa shape index (κ2) is 9.19. The van der Waals surface area contributed by atoms with Crippen LogP contribution in [0, 0.1) is 0 Å². The molecule has 0 saturated carbocycles. The van der Waals surface area contributed by atoms with Gasteiger partial charge in [0.1, 0.15) is 5.78 Å². The number of Topliss-reactive ketones (excluding diaryl/α,β-unsaturated/α-hetero) is 1. The van der Waals surface area contributed by atoms with Gasteiger partial charge in [0.15, 0.2) is 0 Å². The van der Waals surface area contributed by atoms with Gasteiger partial charge in [-0.15, -0.1) is 0 Å². The largest absolute Gasteiger partial charge is 0.338 e. The Labute approximate surface area is 98.4 Å². The van der Waals surface area contributed by atoms with Gasteiger partial charge in [-0.05, 0) is 19.8 Å². The van der Waals surface area contributed by atoms with Gasteiger partial charge in [-0.3, -0.25) is 4.79 Å². The number of hydrogen-bond acceptors (Lipinski definition) is 2. The van der Waals surface area contributed by atoms with Crippen LogP contribution < -0.4 is 5.32 Å². The number of nitrogens with zero attached hydrogens (tertiary/aromatic N) is 1. The van der Waals surface area contributed by atoms with Crippen molar-refractivity contribution in [2.75, 3.05) is 19.6 Å². The van der Waals surface area contributed by atoms with E-state index in [4.69, 9.17) is 0 Å². The van der Waals surface area contributed by atoms with Crippen LogP contribution in [0.1, 0.15) is 46.5 Å². The van der Waals surface area contributed by atoms with Crippen LogP contribution in [0.15, 0.2) is 0 Å². The minimum Gasteiger partial charge on any atom is -0.338 e. The summed E-state index contributed by atoms with van der Waals surface area (Å²) in [4.78, 5) is 24.3. The van der Waals surface area contributed by atoms with E-state index in [1.165, 1.54) is 6.92 Å². The minimum atomic E-state index is -0.0449. The third-order valence-corrected chi connectivity index (χ3v) is 2.32. The average Bonchev–Trinajstić information content (AvgIpc) is 2.23. The lowest BCUT2D eigenvalue weighted by Gasteiger charge is -2.22. The van der Waals surface area contributed by atoms with E-state index < -0.39 is 0 Å². The maximum Gasteiger partial charge on any atom is 0.317 e. The lowest BCUT2D eigenvalue weighted by atomic mass is 10.3. The van der Waals surface area contributed by atoms with E-state index in [9.17, 15) is 9.59 Å². The summed E-state index contributed by atoms with van der Waals surface area (Å²) in [6.07, 6.45) is 3.49. The number of nitrogens with one attached hydrogen (secondary N) is 1. The van der Waals surface area contributed by atoms with Gasteiger partial charge in [0.25, 0.3) is 0 Å². The molecule has 16 heavy (non-hydrogen) atoms. The van der Waals surface area contributed by atoms with E-state index in [1.807, 2.05) is 4.90 Å². The predicted molar refractivity (Wildman–Crippen MR) is 65.5 cm³/mol. The molecule has 1 N–H and O–H groups in total. The summed E-state index contributed by atoms with van der Waals surface area (Å²) in [6, 6.07) is -0.0449. The number of hydrogen-bond donors (Lipinski definition) is 1. The van der Waals surface area contributed by atoms with Gasteiger partial charge in [0.2, 0.25) is 0 Å². The van der Waals surface area contributed by atoms with Gasteiger partial charge in [-0.1, -0.05) is 20.3 Å². The molecule has 0 rings (SSSR count). The number of ketones is 1. The molecule has 0 radical (unpaired) electrons. The first-order valence-corrected chi connectivity index (χ1v) is 6.14. The monoisotopic (exact) mass is 228 g/mol. The summed E-state index contributed by atoms with van der Waals surface area (Å²) >= 11 is 0. The van der Waals surface area contributed by atoms with E-state index in [0.717, 1.165) is 32.4 Å². The Hall–Kier alpha value is -1.06. The molecule has 4 nitrogen and oxygen atoms in total. The normalized spacial score (nSPS) is 9.94. The van der Waals surface area contributed by atoms with Crippen molar-refractivity contribution in [3.63, 3.8) is 0 Å². The van der Waals surface area contributed by atoms with Crippen molar-refractivity contribution in [1.82, 2.24) is 10.2 Å². The zero-order valence-electron chi connectivity index (χ0n) is 10.7. The Morgan fingerprint density at radius 3 is 2.31 bits per heavy atom. The zero-order valence-corrected chi connectivity index (χ0v) is 10.7. The van der Waals surface area contributed by atoms with Crippen LogP contribution in [0.5, 0.6) is 0 Å². The van der Waals surface area contributed by atoms with Crippen LogP contribution in [0.4, 0.5) is 4.79 Å². The fourth-order valence-electron chi connectivity index (χ4n) is 1.39. The zero-order chi connectivity index (χ0) is 12.4. The first-order chi connectivity index (χ1) is 7.61. The summed E-state index contributed by atoms with van der Waals surface area (Å²) in [6.45, 7) is 7.73. The van der Waals surface area contributed by atoms with Crippen LogP contribution in [-0.2, 0) is 4.79 Å². The van der Waals surface area contributed by atoms with Crippen molar-refractivity contribution >= 4 is 11.8 Å². The molecule has 0 aliphatic rings. The number of unbranched alkanes of at least 4 members (excludes halogenated alkanes) is 1. The topological polar surface area (TPSA) is 49.4 Å². The van der Waals surface area contributed by atoms with E-state index in [0.29, 0.717) is 13.0 Å². The summed E-state index contributed by atoms with van der Waals surface area (Å²) < 4.78 is 0. The third-order valence-electron chi connectivity index (χ3n) is 2.32. The fourth-order valence-corrected chi connectivity index (χ4v) is 1.39. The molecule has 0 saturated heterocycles. The SMILES string of the molecule is CCCCN(CCC)C(=O)NCCC(C)=O. The quantitative estimate of drug-likeness (QED) is 0.692. The third kappa shape index (κ3) is 7.26. The maximum atomic E-state index is 11.7. The number of rotatable bonds is 8.